The van der Waals surface area contributed by atoms with Gasteiger partial charge < -0.3 is 18.8 Å². The highest BCUT2D eigenvalue weighted by molar-refractivity contribution is 5.97. The summed E-state index contributed by atoms with van der Waals surface area (Å²) >= 11 is 0. The maximum atomic E-state index is 12.8. The van der Waals surface area contributed by atoms with Crippen molar-refractivity contribution in [2.45, 2.75) is 53.1 Å². The first kappa shape index (κ1) is 24.4. The second kappa shape index (κ2) is 9.87. The molecule has 0 aliphatic carbocycles. The Kier molecular flexibility index (Phi) is 6.88. The fourth-order valence-electron chi connectivity index (χ4n) is 4.00. The van der Waals surface area contributed by atoms with Gasteiger partial charge in [0, 0.05) is 11.1 Å². The van der Waals surface area contributed by atoms with E-state index in [1.165, 1.54) is 5.56 Å². The molecule has 182 valence electrons. The van der Waals surface area contributed by atoms with Crippen LogP contribution in [0, 0.1) is 0 Å². The van der Waals surface area contributed by atoms with Crippen molar-refractivity contribution in [3.8, 4) is 22.9 Å². The Bertz CT molecular complexity index is 1310. The lowest BCUT2D eigenvalue weighted by Crippen LogP contribution is -2.11. The van der Waals surface area contributed by atoms with Crippen LogP contribution >= 0.6 is 0 Å². The van der Waals surface area contributed by atoms with Gasteiger partial charge in [0.25, 0.3) is 0 Å². The number of hydrogen-bond acceptors (Lipinski definition) is 4. The first-order valence-corrected chi connectivity index (χ1v) is 12.0. The maximum absolute atomic E-state index is 12.8. The van der Waals surface area contributed by atoms with E-state index in [2.05, 4.69) is 32.9 Å². The summed E-state index contributed by atoms with van der Waals surface area (Å²) in [7, 11) is 0. The molecule has 4 aromatic rings. The molecule has 5 nitrogen and oxygen atoms in total. The molecule has 35 heavy (non-hydrogen) atoms. The third-order valence-electron chi connectivity index (χ3n) is 5.68. The predicted molar refractivity (Wildman–Crippen MR) is 140 cm³/mol. The molecule has 0 radical (unpaired) electrons. The first-order valence-electron chi connectivity index (χ1n) is 12.0. The van der Waals surface area contributed by atoms with Gasteiger partial charge in [0.1, 0.15) is 22.9 Å². The minimum Gasteiger partial charge on any atom is -0.491 e. The van der Waals surface area contributed by atoms with Crippen molar-refractivity contribution in [1.82, 2.24) is 4.57 Å². The minimum atomic E-state index is -0.369. The Morgan fingerprint density at radius 1 is 0.857 bits per heavy atom. The molecule has 0 saturated heterocycles. The number of benzene rings is 3. The number of aromatic nitrogens is 1. The second-order valence-electron chi connectivity index (χ2n) is 9.84. The zero-order valence-corrected chi connectivity index (χ0v) is 21.3. The third kappa shape index (κ3) is 5.51. The molecule has 0 saturated carbocycles. The van der Waals surface area contributed by atoms with Gasteiger partial charge in [0.15, 0.2) is 0 Å². The van der Waals surface area contributed by atoms with Gasteiger partial charge in [-0.05, 0) is 92.4 Å². The normalized spacial score (nSPS) is 11.6. The topological polar surface area (TPSA) is 49.7 Å². The van der Waals surface area contributed by atoms with Gasteiger partial charge in [0.05, 0.1) is 18.2 Å². The van der Waals surface area contributed by atoms with Crippen LogP contribution in [0.25, 0.3) is 16.6 Å². The van der Waals surface area contributed by atoms with E-state index in [0.717, 1.165) is 28.1 Å². The molecule has 0 atom stereocenters. The highest BCUT2D eigenvalue weighted by atomic mass is 16.5. The number of fused-ring (bicyclic) bond motifs is 1. The number of rotatable bonds is 7. The summed E-state index contributed by atoms with van der Waals surface area (Å²) in [5.41, 5.74) is 3.54. The second-order valence-corrected chi connectivity index (χ2v) is 9.84. The Morgan fingerprint density at radius 2 is 1.49 bits per heavy atom. The van der Waals surface area contributed by atoms with E-state index in [-0.39, 0.29) is 17.5 Å². The number of nitrogens with zero attached hydrogens (tertiary/aromatic N) is 1. The number of hydrogen-bond donors (Lipinski definition) is 0. The molecule has 5 heteroatoms. The van der Waals surface area contributed by atoms with Crippen LogP contribution in [0.2, 0.25) is 0 Å². The lowest BCUT2D eigenvalue weighted by atomic mass is 9.87. The SMILES string of the molecule is CCOC(=O)c1cc2cc(Oc3ccc(C(C)(C)C)cc3)ccc2n1-c1ccc(OC(C)C)cc1. The van der Waals surface area contributed by atoms with Crippen LogP contribution in [0.4, 0.5) is 0 Å². The predicted octanol–water partition coefficient (Wildman–Crippen LogP) is 7.68. The molecule has 0 N–H and O–H groups in total. The lowest BCUT2D eigenvalue weighted by Gasteiger charge is -2.19. The molecule has 0 amide bonds. The Hall–Kier alpha value is -3.73. The fraction of sp³-hybridized carbons (Fsp3) is 0.300. The first-order chi connectivity index (χ1) is 16.7. The number of ether oxygens (including phenoxy) is 3. The molecule has 1 heterocycles. The standard InChI is InChI=1S/C30H33NO4/c1-7-33-29(32)28-19-21-18-26(35-25-12-8-22(9-13-25)30(4,5)6)16-17-27(21)31(28)23-10-14-24(15-11-23)34-20(2)3/h8-20H,7H2,1-6H3. The van der Waals surface area contributed by atoms with Gasteiger partial charge in [-0.1, -0.05) is 32.9 Å². The van der Waals surface area contributed by atoms with Crippen LogP contribution in [0.15, 0.2) is 72.8 Å². The van der Waals surface area contributed by atoms with Crippen LogP contribution < -0.4 is 9.47 Å². The Balaban J connectivity index is 1.70. The monoisotopic (exact) mass is 471 g/mol. The molecule has 0 spiro atoms. The van der Waals surface area contributed by atoms with E-state index in [1.807, 2.05) is 79.1 Å². The molecule has 0 aliphatic rings. The van der Waals surface area contributed by atoms with E-state index >= 15 is 0 Å². The Morgan fingerprint density at radius 3 is 2.09 bits per heavy atom. The van der Waals surface area contributed by atoms with Crippen molar-refractivity contribution in [2.75, 3.05) is 6.61 Å². The number of carbonyl (C=O) groups is 1. The van der Waals surface area contributed by atoms with Gasteiger partial charge in [-0.25, -0.2) is 4.79 Å². The third-order valence-corrected chi connectivity index (χ3v) is 5.68. The van der Waals surface area contributed by atoms with Gasteiger partial charge >= 0.3 is 5.97 Å². The zero-order chi connectivity index (χ0) is 25.2. The van der Waals surface area contributed by atoms with Crippen molar-refractivity contribution in [3.05, 3.63) is 84.1 Å². The summed E-state index contributed by atoms with van der Waals surface area (Å²) in [6.07, 6.45) is 0.0893. The van der Waals surface area contributed by atoms with Crippen molar-refractivity contribution in [1.29, 1.82) is 0 Å². The summed E-state index contributed by atoms with van der Waals surface area (Å²) in [4.78, 5) is 12.8. The molecular formula is C30H33NO4. The van der Waals surface area contributed by atoms with E-state index in [4.69, 9.17) is 14.2 Å². The fourth-order valence-corrected chi connectivity index (χ4v) is 4.00. The summed E-state index contributed by atoms with van der Waals surface area (Å²) in [5.74, 6) is 1.88. The van der Waals surface area contributed by atoms with E-state index in [1.54, 1.807) is 6.92 Å². The summed E-state index contributed by atoms with van der Waals surface area (Å²) in [6, 6.07) is 23.6. The van der Waals surface area contributed by atoms with Crippen molar-refractivity contribution < 1.29 is 19.0 Å². The summed E-state index contributed by atoms with van der Waals surface area (Å²) < 4.78 is 19.2. The van der Waals surface area contributed by atoms with Crippen LogP contribution in [-0.4, -0.2) is 23.2 Å². The summed E-state index contributed by atoms with van der Waals surface area (Å²) in [6.45, 7) is 12.7. The molecule has 1 aromatic heterocycles. The van der Waals surface area contributed by atoms with Crippen LogP contribution in [-0.2, 0) is 10.2 Å². The molecule has 0 aliphatic heterocycles. The highest BCUT2D eigenvalue weighted by Crippen LogP contribution is 2.32. The Labute approximate surface area is 207 Å². The van der Waals surface area contributed by atoms with Gasteiger partial charge in [0.2, 0.25) is 0 Å². The largest absolute Gasteiger partial charge is 0.491 e. The molecule has 0 bridgehead atoms. The van der Waals surface area contributed by atoms with Crippen molar-refractivity contribution >= 4 is 16.9 Å². The molecule has 3 aromatic carbocycles. The maximum Gasteiger partial charge on any atom is 0.355 e. The molecule has 0 fully saturated rings. The van der Waals surface area contributed by atoms with Crippen LogP contribution in [0.5, 0.6) is 17.2 Å². The molecule has 4 rings (SSSR count). The minimum absolute atomic E-state index is 0.0863. The number of carbonyl (C=O) groups excluding carboxylic acids is 1. The van der Waals surface area contributed by atoms with Crippen LogP contribution in [0.3, 0.4) is 0 Å². The van der Waals surface area contributed by atoms with Gasteiger partial charge in [-0.3, -0.25) is 0 Å². The smallest absolute Gasteiger partial charge is 0.355 e. The average molecular weight is 472 g/mol. The van der Waals surface area contributed by atoms with Gasteiger partial charge in [-0.15, -0.1) is 0 Å². The van der Waals surface area contributed by atoms with E-state index in [0.29, 0.717) is 18.1 Å². The highest BCUT2D eigenvalue weighted by Gasteiger charge is 2.19. The number of esters is 1. The molecular weight excluding hydrogens is 438 g/mol. The van der Waals surface area contributed by atoms with Crippen LogP contribution in [0.1, 0.15) is 57.6 Å². The average Bonchev–Trinajstić information content (AvgIpc) is 3.18. The summed E-state index contributed by atoms with van der Waals surface area (Å²) in [5, 5.41) is 0.888. The van der Waals surface area contributed by atoms with E-state index < -0.39 is 0 Å². The zero-order valence-electron chi connectivity index (χ0n) is 21.3. The van der Waals surface area contributed by atoms with E-state index in [9.17, 15) is 4.79 Å². The quantitative estimate of drug-likeness (QED) is 0.259. The lowest BCUT2D eigenvalue weighted by molar-refractivity contribution is 0.0517. The van der Waals surface area contributed by atoms with Gasteiger partial charge in [-0.2, -0.15) is 0 Å². The van der Waals surface area contributed by atoms with Crippen molar-refractivity contribution in [2.24, 2.45) is 0 Å². The van der Waals surface area contributed by atoms with Crippen molar-refractivity contribution in [3.63, 3.8) is 0 Å². The molecule has 0 unspecified atom stereocenters.